The Hall–Kier alpha value is -2.53. The highest BCUT2D eigenvalue weighted by molar-refractivity contribution is 5.77. The van der Waals surface area contributed by atoms with Crippen molar-refractivity contribution in [2.24, 2.45) is 0 Å². The average molecular weight is 323 g/mol. The first-order chi connectivity index (χ1) is 11.7. The van der Waals surface area contributed by atoms with E-state index in [9.17, 15) is 5.11 Å². The van der Waals surface area contributed by atoms with Crippen molar-refractivity contribution < 1.29 is 9.84 Å². The van der Waals surface area contributed by atoms with Crippen LogP contribution in [0.25, 0.3) is 11.0 Å². The maximum absolute atomic E-state index is 9.20. The third-order valence-electron chi connectivity index (χ3n) is 4.62. The van der Waals surface area contributed by atoms with Gasteiger partial charge in [0.2, 0.25) is 0 Å². The van der Waals surface area contributed by atoms with Gasteiger partial charge >= 0.3 is 0 Å². The first-order valence-corrected chi connectivity index (χ1v) is 8.22. The molecule has 2 N–H and O–H groups in total. The molecule has 0 fully saturated rings. The number of pyridine rings is 1. The molecule has 0 spiro atoms. The summed E-state index contributed by atoms with van der Waals surface area (Å²) in [4.78, 5) is 10.1. The molecule has 2 aromatic heterocycles. The number of hydrogen-bond acceptors (Lipinski definition) is 4. The lowest BCUT2D eigenvalue weighted by Gasteiger charge is -2.15. The largest absolute Gasteiger partial charge is 0.488 e. The second-order valence-electron chi connectivity index (χ2n) is 6.43. The molecule has 5 nitrogen and oxygen atoms in total. The minimum atomic E-state index is -0.210. The standard InChI is InChI=1S/C19H21N3O2/c1-12(11-23)24-14-5-6-18-15(9-14)16(10-22(18)2)17-8-13-4-3-7-20-19(13)21-17/h3-9,12,16,23H,10-11H2,1-2H3,(H,20,21). The van der Waals surface area contributed by atoms with Crippen LogP contribution in [0.5, 0.6) is 5.75 Å². The summed E-state index contributed by atoms with van der Waals surface area (Å²) in [6, 6.07) is 12.4. The molecule has 0 amide bonds. The summed E-state index contributed by atoms with van der Waals surface area (Å²) in [6.07, 6.45) is 1.59. The molecule has 4 rings (SSSR count). The van der Waals surface area contributed by atoms with E-state index in [0.717, 1.165) is 23.3 Å². The van der Waals surface area contributed by atoms with Crippen molar-refractivity contribution in [1.29, 1.82) is 0 Å². The van der Waals surface area contributed by atoms with Gasteiger partial charge in [0, 0.05) is 42.5 Å². The molecule has 0 saturated heterocycles. The number of anilines is 1. The van der Waals surface area contributed by atoms with Crippen LogP contribution in [-0.2, 0) is 0 Å². The number of nitrogens with one attached hydrogen (secondary N) is 1. The van der Waals surface area contributed by atoms with E-state index in [1.807, 2.05) is 19.1 Å². The molecule has 1 aliphatic rings. The monoisotopic (exact) mass is 323 g/mol. The van der Waals surface area contributed by atoms with Crippen molar-refractivity contribution in [2.75, 3.05) is 25.1 Å². The summed E-state index contributed by atoms with van der Waals surface area (Å²) in [5, 5.41) is 10.3. The minimum Gasteiger partial charge on any atom is -0.488 e. The van der Waals surface area contributed by atoms with Gasteiger partial charge in [-0.05, 0) is 48.9 Å². The van der Waals surface area contributed by atoms with Crippen molar-refractivity contribution in [3.05, 3.63) is 53.9 Å². The van der Waals surface area contributed by atoms with E-state index in [1.54, 1.807) is 6.20 Å². The van der Waals surface area contributed by atoms with Crippen LogP contribution in [-0.4, -0.2) is 41.4 Å². The summed E-state index contributed by atoms with van der Waals surface area (Å²) < 4.78 is 5.78. The van der Waals surface area contributed by atoms with Crippen LogP contribution in [0, 0.1) is 0 Å². The lowest BCUT2D eigenvalue weighted by molar-refractivity contribution is 0.129. The van der Waals surface area contributed by atoms with E-state index >= 15 is 0 Å². The molecule has 0 saturated carbocycles. The number of ether oxygens (including phenoxy) is 1. The molecule has 5 heteroatoms. The molecule has 2 unspecified atom stereocenters. The fraction of sp³-hybridized carbons (Fsp3) is 0.316. The third-order valence-corrected chi connectivity index (χ3v) is 4.62. The van der Waals surface area contributed by atoms with Gasteiger partial charge in [0.15, 0.2) is 0 Å². The number of H-pyrrole nitrogens is 1. The summed E-state index contributed by atoms with van der Waals surface area (Å²) >= 11 is 0. The second kappa shape index (κ2) is 5.83. The van der Waals surface area contributed by atoms with Crippen LogP contribution < -0.4 is 9.64 Å². The Balaban J connectivity index is 1.73. The lowest BCUT2D eigenvalue weighted by atomic mass is 9.97. The van der Waals surface area contributed by atoms with E-state index in [1.165, 1.54) is 16.9 Å². The first-order valence-electron chi connectivity index (χ1n) is 8.22. The number of rotatable bonds is 4. The number of likely N-dealkylation sites (N-methyl/N-ethyl adjacent to an activating group) is 1. The molecule has 24 heavy (non-hydrogen) atoms. The molecule has 124 valence electrons. The van der Waals surface area contributed by atoms with Gasteiger partial charge in [0.1, 0.15) is 17.5 Å². The molecule has 1 aliphatic heterocycles. The molecule has 0 radical (unpaired) electrons. The molecule has 3 aromatic rings. The van der Waals surface area contributed by atoms with Crippen LogP contribution in [0.1, 0.15) is 24.1 Å². The maximum atomic E-state index is 9.20. The first kappa shape index (κ1) is 15.0. The van der Waals surface area contributed by atoms with E-state index in [-0.39, 0.29) is 18.6 Å². The summed E-state index contributed by atoms with van der Waals surface area (Å²) in [5.41, 5.74) is 4.55. The summed E-state index contributed by atoms with van der Waals surface area (Å²) in [6.45, 7) is 2.79. The number of hydrogen-bond donors (Lipinski definition) is 2. The van der Waals surface area contributed by atoms with Crippen molar-refractivity contribution in [1.82, 2.24) is 9.97 Å². The smallest absolute Gasteiger partial charge is 0.137 e. The van der Waals surface area contributed by atoms with Crippen LogP contribution in [0.15, 0.2) is 42.6 Å². The van der Waals surface area contributed by atoms with Gasteiger partial charge < -0.3 is 19.7 Å². The SMILES string of the molecule is CC(CO)Oc1ccc2c(c1)C(c1cc3cccnc3[nH]1)CN2C. The number of nitrogens with zero attached hydrogens (tertiary/aromatic N) is 2. The molecule has 2 atom stereocenters. The highest BCUT2D eigenvalue weighted by Crippen LogP contribution is 2.41. The number of fused-ring (bicyclic) bond motifs is 2. The van der Waals surface area contributed by atoms with E-state index in [4.69, 9.17) is 4.74 Å². The Morgan fingerprint density at radius 3 is 3.04 bits per heavy atom. The van der Waals surface area contributed by atoms with Gasteiger partial charge in [-0.3, -0.25) is 0 Å². The van der Waals surface area contributed by atoms with Crippen LogP contribution in [0.2, 0.25) is 0 Å². The molecule has 3 heterocycles. The predicted octanol–water partition coefficient (Wildman–Crippen LogP) is 2.90. The van der Waals surface area contributed by atoms with Crippen LogP contribution in [0.4, 0.5) is 5.69 Å². The quantitative estimate of drug-likeness (QED) is 0.775. The van der Waals surface area contributed by atoms with Crippen molar-refractivity contribution in [3.8, 4) is 5.75 Å². The minimum absolute atomic E-state index is 0.00804. The average Bonchev–Trinajstić information content (AvgIpc) is 3.15. The highest BCUT2D eigenvalue weighted by atomic mass is 16.5. The molecule has 0 aliphatic carbocycles. The number of aromatic amines is 1. The zero-order chi connectivity index (χ0) is 16.7. The zero-order valence-electron chi connectivity index (χ0n) is 13.9. The predicted molar refractivity (Wildman–Crippen MR) is 94.8 cm³/mol. The Morgan fingerprint density at radius 1 is 1.38 bits per heavy atom. The van der Waals surface area contributed by atoms with Gasteiger partial charge in [0.05, 0.1) is 6.61 Å². The molecule has 1 aromatic carbocycles. The fourth-order valence-electron chi connectivity index (χ4n) is 3.41. The third kappa shape index (κ3) is 2.51. The van der Waals surface area contributed by atoms with Gasteiger partial charge in [-0.25, -0.2) is 4.98 Å². The van der Waals surface area contributed by atoms with Gasteiger partial charge in [-0.1, -0.05) is 0 Å². The molecular formula is C19H21N3O2. The Bertz CT molecular complexity index is 841. The van der Waals surface area contributed by atoms with Crippen LogP contribution >= 0.6 is 0 Å². The summed E-state index contributed by atoms with van der Waals surface area (Å²) in [5.74, 6) is 1.05. The maximum Gasteiger partial charge on any atom is 0.137 e. The van der Waals surface area contributed by atoms with Crippen molar-refractivity contribution in [3.63, 3.8) is 0 Å². The van der Waals surface area contributed by atoms with E-state index < -0.39 is 0 Å². The second-order valence-corrected chi connectivity index (χ2v) is 6.43. The fourth-order valence-corrected chi connectivity index (χ4v) is 3.41. The van der Waals surface area contributed by atoms with E-state index in [0.29, 0.717) is 0 Å². The van der Waals surface area contributed by atoms with Gasteiger partial charge in [-0.2, -0.15) is 0 Å². The lowest BCUT2D eigenvalue weighted by Crippen LogP contribution is -2.16. The number of aliphatic hydroxyl groups is 1. The molecule has 0 bridgehead atoms. The zero-order valence-corrected chi connectivity index (χ0v) is 13.9. The number of aliphatic hydroxyl groups excluding tert-OH is 1. The Labute approximate surface area is 140 Å². The summed E-state index contributed by atoms with van der Waals surface area (Å²) in [7, 11) is 2.11. The van der Waals surface area contributed by atoms with Crippen molar-refractivity contribution in [2.45, 2.75) is 18.9 Å². The highest BCUT2D eigenvalue weighted by Gasteiger charge is 2.29. The van der Waals surface area contributed by atoms with Gasteiger partial charge in [-0.15, -0.1) is 0 Å². The van der Waals surface area contributed by atoms with E-state index in [2.05, 4.69) is 46.2 Å². The molecular weight excluding hydrogens is 302 g/mol. The number of benzene rings is 1. The Kier molecular flexibility index (Phi) is 3.65. The number of aromatic nitrogens is 2. The van der Waals surface area contributed by atoms with Crippen molar-refractivity contribution >= 4 is 16.7 Å². The normalized spacial score (nSPS) is 18.0. The Morgan fingerprint density at radius 2 is 2.25 bits per heavy atom. The van der Waals surface area contributed by atoms with Crippen LogP contribution in [0.3, 0.4) is 0 Å². The topological polar surface area (TPSA) is 61.4 Å². The van der Waals surface area contributed by atoms with Gasteiger partial charge in [0.25, 0.3) is 0 Å².